The van der Waals surface area contributed by atoms with Crippen LogP contribution in [0.3, 0.4) is 0 Å². The van der Waals surface area contributed by atoms with E-state index in [0.29, 0.717) is 33.9 Å². The van der Waals surface area contributed by atoms with Gasteiger partial charge < -0.3 is 4.74 Å². The largest absolute Gasteiger partial charge is 0.488 e. The molecule has 1 saturated heterocycles. The smallest absolute Gasteiger partial charge is 0.293 e. The number of ether oxygens (including phenoxy) is 1. The van der Waals surface area contributed by atoms with Crippen LogP contribution in [-0.4, -0.2) is 22.6 Å². The Hall–Kier alpha value is -1.47. The van der Waals surface area contributed by atoms with E-state index in [-0.39, 0.29) is 11.1 Å². The van der Waals surface area contributed by atoms with E-state index in [4.69, 9.17) is 27.9 Å². The van der Waals surface area contributed by atoms with Gasteiger partial charge in [-0.15, -0.1) is 0 Å². The van der Waals surface area contributed by atoms with E-state index < -0.39 is 0 Å². The molecule has 1 aliphatic rings. The highest BCUT2D eigenvalue weighted by Gasteiger charge is 2.33. The number of likely N-dealkylation sites (N-methyl/N-ethyl adjacent to an activating group) is 1. The number of carbonyl (C=O) groups is 2. The average Bonchev–Trinajstić information content (AvgIpc) is 2.88. The van der Waals surface area contributed by atoms with E-state index in [1.807, 2.05) is 18.2 Å². The zero-order valence-corrected chi connectivity index (χ0v) is 18.1. The lowest BCUT2D eigenvalue weighted by molar-refractivity contribution is -0.122. The Labute approximate surface area is 179 Å². The fourth-order valence-electron chi connectivity index (χ4n) is 2.44. The summed E-state index contributed by atoms with van der Waals surface area (Å²) in [7, 11) is 0. The molecule has 3 rings (SSSR count). The molecular formula is C19H14BrCl2NO3S. The van der Waals surface area contributed by atoms with Crippen LogP contribution in [0.1, 0.15) is 18.1 Å². The van der Waals surface area contributed by atoms with E-state index >= 15 is 0 Å². The van der Waals surface area contributed by atoms with Crippen molar-refractivity contribution in [2.75, 3.05) is 6.54 Å². The first-order chi connectivity index (χ1) is 12.9. The predicted octanol–water partition coefficient (Wildman–Crippen LogP) is 6.39. The molecule has 1 aliphatic heterocycles. The molecule has 27 heavy (non-hydrogen) atoms. The van der Waals surface area contributed by atoms with Gasteiger partial charge in [0.2, 0.25) is 0 Å². The molecule has 0 aromatic heterocycles. The molecule has 0 radical (unpaired) electrons. The van der Waals surface area contributed by atoms with Crippen LogP contribution < -0.4 is 4.74 Å². The fourth-order valence-corrected chi connectivity index (χ4v) is 4.32. The average molecular weight is 487 g/mol. The first kappa shape index (κ1) is 20.3. The summed E-state index contributed by atoms with van der Waals surface area (Å²) >= 11 is 16.5. The number of amides is 2. The third-order valence-electron chi connectivity index (χ3n) is 3.84. The molecule has 2 aromatic carbocycles. The molecule has 0 saturated carbocycles. The Morgan fingerprint density at radius 2 is 1.96 bits per heavy atom. The molecule has 2 aromatic rings. The maximum atomic E-state index is 12.2. The van der Waals surface area contributed by atoms with Gasteiger partial charge in [0.25, 0.3) is 11.1 Å². The van der Waals surface area contributed by atoms with Crippen molar-refractivity contribution in [2.24, 2.45) is 0 Å². The molecule has 0 unspecified atom stereocenters. The van der Waals surface area contributed by atoms with Gasteiger partial charge in [-0.3, -0.25) is 14.5 Å². The van der Waals surface area contributed by atoms with Crippen LogP contribution in [0.15, 0.2) is 45.8 Å². The minimum atomic E-state index is -0.263. The number of rotatable bonds is 5. The quantitative estimate of drug-likeness (QED) is 0.459. The van der Waals surface area contributed by atoms with Crippen LogP contribution in [-0.2, 0) is 11.4 Å². The highest BCUT2D eigenvalue weighted by Crippen LogP contribution is 2.34. The molecule has 2 amide bonds. The van der Waals surface area contributed by atoms with E-state index in [1.54, 1.807) is 31.2 Å². The Kier molecular flexibility index (Phi) is 6.52. The summed E-state index contributed by atoms with van der Waals surface area (Å²) in [5.41, 5.74) is 1.62. The van der Waals surface area contributed by atoms with E-state index in [1.165, 1.54) is 4.90 Å². The van der Waals surface area contributed by atoms with Gasteiger partial charge >= 0.3 is 0 Å². The van der Waals surface area contributed by atoms with Crippen molar-refractivity contribution in [1.29, 1.82) is 0 Å². The maximum Gasteiger partial charge on any atom is 0.293 e. The topological polar surface area (TPSA) is 46.6 Å². The summed E-state index contributed by atoms with van der Waals surface area (Å²) in [5, 5.41) is 0.872. The molecule has 0 N–H and O–H groups in total. The van der Waals surface area contributed by atoms with Gasteiger partial charge in [-0.05, 0) is 70.5 Å². The van der Waals surface area contributed by atoms with Crippen molar-refractivity contribution >= 4 is 68.1 Å². The van der Waals surface area contributed by atoms with Crippen molar-refractivity contribution in [3.8, 4) is 5.75 Å². The second kappa shape index (κ2) is 8.69. The Morgan fingerprint density at radius 1 is 1.19 bits per heavy atom. The number of thioether (sulfide) groups is 1. The number of benzene rings is 2. The summed E-state index contributed by atoms with van der Waals surface area (Å²) in [6, 6.07) is 10.7. The van der Waals surface area contributed by atoms with Crippen LogP contribution >= 0.6 is 50.9 Å². The van der Waals surface area contributed by atoms with Crippen molar-refractivity contribution < 1.29 is 14.3 Å². The third-order valence-corrected chi connectivity index (χ3v) is 5.96. The van der Waals surface area contributed by atoms with Gasteiger partial charge in [0.15, 0.2) is 0 Å². The number of imide groups is 1. The lowest BCUT2D eigenvalue weighted by Gasteiger charge is -2.10. The summed E-state index contributed by atoms with van der Waals surface area (Å²) in [6.07, 6.45) is 1.70. The number of halogens is 3. The van der Waals surface area contributed by atoms with Gasteiger partial charge in [-0.1, -0.05) is 35.3 Å². The second-order valence-corrected chi connectivity index (χ2v) is 8.33. The van der Waals surface area contributed by atoms with Gasteiger partial charge in [0, 0.05) is 22.2 Å². The molecule has 4 nitrogen and oxygen atoms in total. The zero-order chi connectivity index (χ0) is 19.6. The summed E-state index contributed by atoms with van der Waals surface area (Å²) in [5.74, 6) is 0.376. The molecular weight excluding hydrogens is 473 g/mol. The third kappa shape index (κ3) is 4.69. The van der Waals surface area contributed by atoms with Crippen LogP contribution in [0.5, 0.6) is 5.75 Å². The van der Waals surface area contributed by atoms with Crippen LogP contribution in [0, 0.1) is 0 Å². The minimum absolute atomic E-state index is 0.243. The number of carbonyl (C=O) groups excluding carboxylic acids is 2. The number of hydrogen-bond acceptors (Lipinski definition) is 4. The molecule has 8 heteroatoms. The van der Waals surface area contributed by atoms with Gasteiger partial charge in [-0.25, -0.2) is 0 Å². The normalized spacial score (nSPS) is 15.7. The second-order valence-electron chi connectivity index (χ2n) is 5.64. The monoisotopic (exact) mass is 485 g/mol. The molecule has 0 bridgehead atoms. The fraction of sp³-hybridized carbons (Fsp3) is 0.158. The lowest BCUT2D eigenvalue weighted by atomic mass is 10.2. The lowest BCUT2D eigenvalue weighted by Crippen LogP contribution is -2.27. The first-order valence-electron chi connectivity index (χ1n) is 8.00. The summed E-state index contributed by atoms with van der Waals surface area (Å²) in [6.45, 7) is 2.43. The van der Waals surface area contributed by atoms with Crippen molar-refractivity contribution in [3.63, 3.8) is 0 Å². The number of hydrogen-bond donors (Lipinski definition) is 0. The molecule has 0 spiro atoms. The maximum absolute atomic E-state index is 12.2. The van der Waals surface area contributed by atoms with Crippen molar-refractivity contribution in [3.05, 3.63) is 66.9 Å². The highest BCUT2D eigenvalue weighted by molar-refractivity contribution is 9.10. The Morgan fingerprint density at radius 3 is 2.59 bits per heavy atom. The number of nitrogens with zero attached hydrogens (tertiary/aromatic N) is 1. The SMILES string of the molecule is CCN1C(=O)S/C(=C/c2ccc(OCc3ccc(Cl)cc3Cl)c(Br)c2)C1=O. The molecule has 1 heterocycles. The Bertz CT molecular complexity index is 949. The molecule has 0 aliphatic carbocycles. The van der Waals surface area contributed by atoms with E-state index in [2.05, 4.69) is 15.9 Å². The molecule has 0 atom stereocenters. The van der Waals surface area contributed by atoms with E-state index in [9.17, 15) is 9.59 Å². The minimum Gasteiger partial charge on any atom is -0.488 e. The van der Waals surface area contributed by atoms with Crippen LogP contribution in [0.2, 0.25) is 10.0 Å². The summed E-state index contributed by atoms with van der Waals surface area (Å²) < 4.78 is 6.54. The van der Waals surface area contributed by atoms with Crippen LogP contribution in [0.4, 0.5) is 4.79 Å². The molecule has 1 fully saturated rings. The van der Waals surface area contributed by atoms with E-state index in [0.717, 1.165) is 27.4 Å². The standard InChI is InChI=1S/C19H14BrCl2NO3S/c1-2-23-18(24)17(27-19(23)25)8-11-3-6-16(14(20)7-11)26-10-12-4-5-13(21)9-15(12)22/h3-9H,2,10H2,1H3/b17-8+. The van der Waals surface area contributed by atoms with Crippen molar-refractivity contribution in [1.82, 2.24) is 4.90 Å². The molecule has 140 valence electrons. The Balaban J connectivity index is 1.73. The predicted molar refractivity (Wildman–Crippen MR) is 113 cm³/mol. The van der Waals surface area contributed by atoms with Gasteiger partial charge in [0.05, 0.1) is 9.38 Å². The van der Waals surface area contributed by atoms with Crippen LogP contribution in [0.25, 0.3) is 6.08 Å². The van der Waals surface area contributed by atoms with Gasteiger partial charge in [0.1, 0.15) is 12.4 Å². The van der Waals surface area contributed by atoms with Gasteiger partial charge in [-0.2, -0.15) is 0 Å². The zero-order valence-electron chi connectivity index (χ0n) is 14.2. The summed E-state index contributed by atoms with van der Waals surface area (Å²) in [4.78, 5) is 25.6. The van der Waals surface area contributed by atoms with Crippen molar-refractivity contribution in [2.45, 2.75) is 13.5 Å². The highest BCUT2D eigenvalue weighted by atomic mass is 79.9. The first-order valence-corrected chi connectivity index (χ1v) is 10.4.